The van der Waals surface area contributed by atoms with Crippen LogP contribution in [0.4, 0.5) is 5.69 Å². The molecule has 1 aromatic heterocycles. The molecule has 1 heterocycles. The highest BCUT2D eigenvalue weighted by molar-refractivity contribution is 5.70. The summed E-state index contributed by atoms with van der Waals surface area (Å²) >= 11 is 0. The zero-order valence-corrected chi connectivity index (χ0v) is 7.59. The number of anilines is 1. The van der Waals surface area contributed by atoms with Gasteiger partial charge >= 0.3 is 0 Å². The quantitative estimate of drug-likeness (QED) is 0.737. The molecule has 0 atom stereocenters. The van der Waals surface area contributed by atoms with Crippen LogP contribution in [0.5, 0.6) is 0 Å². The van der Waals surface area contributed by atoms with Crippen molar-refractivity contribution in [2.24, 2.45) is 0 Å². The van der Waals surface area contributed by atoms with Gasteiger partial charge in [-0.3, -0.25) is 4.79 Å². The first-order valence-corrected chi connectivity index (χ1v) is 4.16. The zero-order valence-electron chi connectivity index (χ0n) is 7.59. The number of nitrogens with one attached hydrogen (secondary N) is 1. The van der Waals surface area contributed by atoms with Gasteiger partial charge in [0.25, 0.3) is 0 Å². The van der Waals surface area contributed by atoms with Crippen molar-refractivity contribution in [2.45, 2.75) is 0 Å². The number of para-hydroxylation sites is 1. The number of hydrogen-bond acceptors (Lipinski definition) is 2. The second-order valence-corrected chi connectivity index (χ2v) is 2.42. The maximum absolute atomic E-state index is 9.86. The minimum atomic E-state index is 0.662. The van der Waals surface area contributed by atoms with Crippen molar-refractivity contribution in [3.8, 4) is 0 Å². The van der Waals surface area contributed by atoms with Crippen molar-refractivity contribution in [3.05, 3.63) is 55.0 Å². The van der Waals surface area contributed by atoms with Crippen molar-refractivity contribution in [2.75, 3.05) is 5.32 Å². The largest absolute Gasteiger partial charge is 0.473 e. The second-order valence-electron chi connectivity index (χ2n) is 2.42. The van der Waals surface area contributed by atoms with Gasteiger partial charge in [0, 0.05) is 5.69 Å². The van der Waals surface area contributed by atoms with Crippen LogP contribution >= 0.6 is 0 Å². The molecule has 0 unspecified atom stereocenters. The molecule has 1 amide bonds. The van der Waals surface area contributed by atoms with Crippen LogP contribution in [0.1, 0.15) is 0 Å². The van der Waals surface area contributed by atoms with Gasteiger partial charge in [-0.2, -0.15) is 0 Å². The van der Waals surface area contributed by atoms with E-state index in [4.69, 9.17) is 0 Å². The minimum Gasteiger partial charge on any atom is -0.473 e. The van der Waals surface area contributed by atoms with E-state index in [9.17, 15) is 4.79 Å². The summed E-state index contributed by atoms with van der Waals surface area (Å²) in [4.78, 5) is 9.86. The predicted octanol–water partition coefficient (Wildman–Crippen LogP) is 2.53. The molecule has 1 N–H and O–H groups in total. The summed E-state index contributed by atoms with van der Waals surface area (Å²) < 4.78 is 4.58. The summed E-state index contributed by atoms with van der Waals surface area (Å²) in [6, 6.07) is 13.0. The molecular weight excluding hydrogens is 178 g/mol. The van der Waals surface area contributed by atoms with Gasteiger partial charge in [-0.1, -0.05) is 18.2 Å². The van der Waals surface area contributed by atoms with Crippen molar-refractivity contribution >= 4 is 12.1 Å². The Kier molecular flexibility index (Phi) is 4.65. The van der Waals surface area contributed by atoms with Gasteiger partial charge in [-0.15, -0.1) is 0 Å². The molecule has 3 heteroatoms. The van der Waals surface area contributed by atoms with Gasteiger partial charge < -0.3 is 9.73 Å². The van der Waals surface area contributed by atoms with E-state index in [1.165, 1.54) is 0 Å². The van der Waals surface area contributed by atoms with Crippen LogP contribution < -0.4 is 5.32 Å². The van der Waals surface area contributed by atoms with Crippen LogP contribution in [-0.2, 0) is 4.79 Å². The van der Waals surface area contributed by atoms with Crippen molar-refractivity contribution in [1.82, 2.24) is 0 Å². The summed E-state index contributed by atoms with van der Waals surface area (Å²) in [6.45, 7) is 0. The number of rotatable bonds is 2. The average molecular weight is 189 g/mol. The molecular formula is C11H11NO2. The van der Waals surface area contributed by atoms with Crippen molar-refractivity contribution in [3.63, 3.8) is 0 Å². The topological polar surface area (TPSA) is 42.2 Å². The van der Waals surface area contributed by atoms with Gasteiger partial charge in [-0.25, -0.2) is 0 Å². The summed E-state index contributed by atoms with van der Waals surface area (Å²) in [5, 5.41) is 2.53. The molecule has 3 nitrogen and oxygen atoms in total. The highest BCUT2D eigenvalue weighted by atomic mass is 16.3. The predicted molar refractivity (Wildman–Crippen MR) is 54.8 cm³/mol. The van der Waals surface area contributed by atoms with Crippen LogP contribution in [0.25, 0.3) is 0 Å². The monoisotopic (exact) mass is 189 g/mol. The first-order chi connectivity index (χ1) is 6.93. The van der Waals surface area contributed by atoms with Crippen LogP contribution in [0, 0.1) is 0 Å². The van der Waals surface area contributed by atoms with E-state index in [1.54, 1.807) is 12.5 Å². The van der Waals surface area contributed by atoms with E-state index in [2.05, 4.69) is 9.73 Å². The maximum atomic E-state index is 9.86. The Morgan fingerprint density at radius 3 is 2.07 bits per heavy atom. The molecule has 0 radical (unpaired) electrons. The van der Waals surface area contributed by atoms with Crippen molar-refractivity contribution in [1.29, 1.82) is 0 Å². The van der Waals surface area contributed by atoms with Crippen molar-refractivity contribution < 1.29 is 9.21 Å². The molecule has 0 aliphatic heterocycles. The summed E-state index contributed by atoms with van der Waals surface area (Å²) in [5.74, 6) is 0. The molecule has 2 aromatic rings. The van der Waals surface area contributed by atoms with Crippen LogP contribution in [0.15, 0.2) is 59.4 Å². The van der Waals surface area contributed by atoms with Gasteiger partial charge in [0.1, 0.15) is 0 Å². The van der Waals surface area contributed by atoms with E-state index < -0.39 is 0 Å². The minimum absolute atomic E-state index is 0.662. The standard InChI is InChI=1S/C7H7NO.C4H4O/c9-6-8-7-4-2-1-3-5-7;1-2-4-5-3-1/h1-6H,(H,8,9);1-4H. The third-order valence-electron chi connectivity index (χ3n) is 1.42. The number of benzene rings is 1. The summed E-state index contributed by atoms with van der Waals surface area (Å²) in [5.41, 5.74) is 0.826. The second kappa shape index (κ2) is 6.48. The highest BCUT2D eigenvalue weighted by Crippen LogP contribution is 2.01. The van der Waals surface area contributed by atoms with E-state index >= 15 is 0 Å². The molecule has 2 rings (SSSR count). The smallest absolute Gasteiger partial charge is 0.211 e. The Balaban J connectivity index is 0.000000165. The van der Waals surface area contributed by atoms with Crippen LogP contribution in [0.2, 0.25) is 0 Å². The molecule has 0 spiro atoms. The van der Waals surface area contributed by atoms with Gasteiger partial charge in [0.15, 0.2) is 0 Å². The van der Waals surface area contributed by atoms with E-state index in [1.807, 2.05) is 42.5 Å². The number of hydrogen-bond donors (Lipinski definition) is 1. The summed E-state index contributed by atoms with van der Waals surface area (Å²) in [6.07, 6.45) is 3.91. The Hall–Kier alpha value is -2.03. The molecule has 0 fully saturated rings. The van der Waals surface area contributed by atoms with Gasteiger partial charge in [0.05, 0.1) is 12.5 Å². The maximum Gasteiger partial charge on any atom is 0.211 e. The highest BCUT2D eigenvalue weighted by Gasteiger charge is 1.81. The number of carbonyl (C=O) groups excluding carboxylic acids is 1. The van der Waals surface area contributed by atoms with Gasteiger partial charge in [0.2, 0.25) is 6.41 Å². The SMILES string of the molecule is O=CNc1ccccc1.c1ccoc1. The lowest BCUT2D eigenvalue weighted by molar-refractivity contribution is -0.105. The first-order valence-electron chi connectivity index (χ1n) is 4.16. The number of furan rings is 1. The Morgan fingerprint density at radius 2 is 1.64 bits per heavy atom. The molecule has 0 bridgehead atoms. The third-order valence-corrected chi connectivity index (χ3v) is 1.42. The molecule has 72 valence electrons. The average Bonchev–Trinajstić information content (AvgIpc) is 2.78. The van der Waals surface area contributed by atoms with Crippen LogP contribution in [0.3, 0.4) is 0 Å². The fourth-order valence-electron chi connectivity index (χ4n) is 0.829. The van der Waals surface area contributed by atoms with Gasteiger partial charge in [-0.05, 0) is 24.3 Å². The number of carbonyl (C=O) groups is 1. The number of amides is 1. The summed E-state index contributed by atoms with van der Waals surface area (Å²) in [7, 11) is 0. The fourth-order valence-corrected chi connectivity index (χ4v) is 0.829. The molecule has 0 aliphatic carbocycles. The normalized spacial score (nSPS) is 8.29. The molecule has 1 aromatic carbocycles. The molecule has 14 heavy (non-hydrogen) atoms. The lowest BCUT2D eigenvalue weighted by Crippen LogP contribution is -1.91. The zero-order chi connectivity index (χ0) is 10.1. The lowest BCUT2D eigenvalue weighted by Gasteiger charge is -1.93. The van der Waals surface area contributed by atoms with E-state index in [0.29, 0.717) is 6.41 Å². The fraction of sp³-hybridized carbons (Fsp3) is 0. The molecule has 0 aliphatic rings. The molecule has 0 saturated heterocycles. The Morgan fingerprint density at radius 1 is 1.00 bits per heavy atom. The lowest BCUT2D eigenvalue weighted by atomic mass is 10.3. The van der Waals surface area contributed by atoms with Crippen LogP contribution in [-0.4, -0.2) is 6.41 Å². The first kappa shape index (κ1) is 10.1. The van der Waals surface area contributed by atoms with E-state index in [0.717, 1.165) is 5.69 Å². The molecule has 0 saturated carbocycles. The van der Waals surface area contributed by atoms with E-state index in [-0.39, 0.29) is 0 Å². The Bertz CT molecular complexity index is 312. The Labute approximate surface area is 82.4 Å². The third kappa shape index (κ3) is 4.11.